The highest BCUT2D eigenvalue weighted by Gasteiger charge is 2.41. The lowest BCUT2D eigenvalue weighted by Gasteiger charge is -2.34. The highest BCUT2D eigenvalue weighted by Crippen LogP contribution is 2.19. The molecule has 8 rings (SSSR count). The van der Waals surface area contributed by atoms with Gasteiger partial charge in [0.05, 0.1) is 0 Å². The number of aromatic nitrogens is 9. The summed E-state index contributed by atoms with van der Waals surface area (Å²) < 4.78 is 5.00. The van der Waals surface area contributed by atoms with Crippen LogP contribution in [-0.2, 0) is 0 Å². The largest absolute Gasteiger partial charge is 0.260 e. The zero-order chi connectivity index (χ0) is 28.3. The van der Waals surface area contributed by atoms with Gasteiger partial charge in [-0.3, -0.25) is 0 Å². The van der Waals surface area contributed by atoms with Crippen molar-refractivity contribution in [1.29, 1.82) is 0 Å². The fourth-order valence-corrected chi connectivity index (χ4v) is 10.7. The minimum atomic E-state index is -2.61. The van der Waals surface area contributed by atoms with Crippen LogP contribution in [0.1, 0.15) is 11.6 Å². The number of aryl methyl sites for hydroxylation is 2. The SMILES string of the molecule is Cc1nc2n(n1)c1nc(C)nn1c1nc(-c3ccc([Si](c4ccccc4)(c4ccccc4)c4ccccc4)cc3)nn21. The van der Waals surface area contributed by atoms with E-state index in [1.807, 2.05) is 13.8 Å². The molecule has 0 unspecified atom stereocenters. The molecule has 0 bridgehead atoms. The van der Waals surface area contributed by atoms with E-state index >= 15 is 0 Å². The summed E-state index contributed by atoms with van der Waals surface area (Å²) in [6, 6.07) is 41.4. The van der Waals surface area contributed by atoms with Crippen LogP contribution < -0.4 is 20.7 Å². The first-order valence-corrected chi connectivity index (χ1v) is 15.8. The third-order valence-corrected chi connectivity index (χ3v) is 12.5. The normalized spacial score (nSPS) is 12.0. The fraction of sp³-hybridized carbons (Fsp3) is 0.0625. The van der Waals surface area contributed by atoms with Gasteiger partial charge in [-0.15, -0.1) is 15.3 Å². The molecule has 4 heterocycles. The third kappa shape index (κ3) is 3.55. The summed E-state index contributed by atoms with van der Waals surface area (Å²) in [4.78, 5) is 14.0. The molecule has 202 valence electrons. The Bertz CT molecular complexity index is 2030. The molecule has 0 aliphatic carbocycles. The molecule has 0 radical (unpaired) electrons. The molecule has 0 saturated carbocycles. The van der Waals surface area contributed by atoms with E-state index in [-0.39, 0.29) is 0 Å². The highest BCUT2D eigenvalue weighted by atomic mass is 28.3. The zero-order valence-electron chi connectivity index (χ0n) is 23.0. The molecule has 10 heteroatoms. The van der Waals surface area contributed by atoms with Crippen molar-refractivity contribution in [3.05, 3.63) is 127 Å². The number of benzene rings is 4. The van der Waals surface area contributed by atoms with Gasteiger partial charge < -0.3 is 0 Å². The maximum atomic E-state index is 4.89. The van der Waals surface area contributed by atoms with Crippen LogP contribution in [0.3, 0.4) is 0 Å². The summed E-state index contributed by atoms with van der Waals surface area (Å²) in [7, 11) is -2.61. The van der Waals surface area contributed by atoms with Crippen molar-refractivity contribution in [3.63, 3.8) is 0 Å². The predicted molar refractivity (Wildman–Crippen MR) is 165 cm³/mol. The van der Waals surface area contributed by atoms with Gasteiger partial charge in [-0.2, -0.15) is 28.5 Å². The standard InChI is InChI=1S/C32H25N9Si/c1-22-33-30-39-31(34-23(2)36-39)41-32(40(30)37-22)35-29(38-41)24-18-20-28(21-19-24)42(25-12-6-3-7-13-25,26-14-8-4-9-15-26)27-16-10-5-11-17-27/h3-21H,1-2H3. The van der Waals surface area contributed by atoms with Gasteiger partial charge in [0, 0.05) is 5.56 Å². The zero-order valence-corrected chi connectivity index (χ0v) is 24.0. The average molecular weight is 564 g/mol. The lowest BCUT2D eigenvalue weighted by Crippen LogP contribution is -2.74. The predicted octanol–water partition coefficient (Wildman–Crippen LogP) is 2.48. The van der Waals surface area contributed by atoms with Gasteiger partial charge in [0.1, 0.15) is 11.6 Å². The topological polar surface area (TPSA) is 90.6 Å². The van der Waals surface area contributed by atoms with Gasteiger partial charge in [0.15, 0.2) is 13.9 Å². The van der Waals surface area contributed by atoms with Crippen LogP contribution in [-0.4, -0.2) is 51.9 Å². The molecule has 4 aromatic heterocycles. The molecular weight excluding hydrogens is 539 g/mol. The van der Waals surface area contributed by atoms with Crippen LogP contribution in [0.25, 0.3) is 28.7 Å². The van der Waals surface area contributed by atoms with Crippen LogP contribution >= 0.6 is 0 Å². The van der Waals surface area contributed by atoms with Crippen molar-refractivity contribution >= 4 is 46.2 Å². The Morgan fingerprint density at radius 3 is 1.26 bits per heavy atom. The summed E-state index contributed by atoms with van der Waals surface area (Å²) in [6.07, 6.45) is 0. The minimum Gasteiger partial charge on any atom is -0.194 e. The maximum absolute atomic E-state index is 4.89. The average Bonchev–Trinajstić information content (AvgIpc) is 3.76. The molecule has 0 N–H and O–H groups in total. The van der Waals surface area contributed by atoms with Gasteiger partial charge in [0.2, 0.25) is 0 Å². The summed E-state index contributed by atoms with van der Waals surface area (Å²) >= 11 is 0. The summed E-state index contributed by atoms with van der Waals surface area (Å²) in [5.74, 6) is 3.45. The van der Waals surface area contributed by atoms with Crippen LogP contribution in [0.2, 0.25) is 0 Å². The van der Waals surface area contributed by atoms with E-state index in [9.17, 15) is 0 Å². The lowest BCUT2D eigenvalue weighted by molar-refractivity contribution is 0.811. The van der Waals surface area contributed by atoms with Gasteiger partial charge in [-0.25, -0.2) is 0 Å². The van der Waals surface area contributed by atoms with Crippen molar-refractivity contribution in [2.75, 3.05) is 0 Å². The van der Waals surface area contributed by atoms with Gasteiger partial charge >= 0.3 is 0 Å². The smallest absolute Gasteiger partial charge is 0.194 e. The Morgan fingerprint density at radius 2 is 0.810 bits per heavy atom. The second-order valence-corrected chi connectivity index (χ2v) is 14.1. The van der Waals surface area contributed by atoms with E-state index in [1.54, 1.807) is 13.5 Å². The summed E-state index contributed by atoms with van der Waals surface area (Å²) in [5, 5.41) is 19.2. The molecule has 0 amide bonds. The van der Waals surface area contributed by atoms with Crippen molar-refractivity contribution in [3.8, 4) is 11.4 Å². The summed E-state index contributed by atoms with van der Waals surface area (Å²) in [6.45, 7) is 3.69. The van der Waals surface area contributed by atoms with E-state index in [1.165, 1.54) is 20.7 Å². The van der Waals surface area contributed by atoms with Gasteiger partial charge in [-0.05, 0) is 34.6 Å². The quantitative estimate of drug-likeness (QED) is 0.236. The number of fused-ring (bicyclic) bond motifs is 6. The Balaban J connectivity index is 1.34. The number of hydrogen-bond donors (Lipinski definition) is 0. The van der Waals surface area contributed by atoms with Crippen molar-refractivity contribution < 1.29 is 0 Å². The number of rotatable bonds is 5. The first-order chi connectivity index (χ1) is 20.6. The molecule has 0 aliphatic rings. The Hall–Kier alpha value is -5.48. The molecule has 4 aromatic carbocycles. The lowest BCUT2D eigenvalue weighted by atomic mass is 10.2. The van der Waals surface area contributed by atoms with E-state index in [0.717, 1.165) is 5.56 Å². The first kappa shape index (κ1) is 24.3. The molecule has 9 nitrogen and oxygen atoms in total. The van der Waals surface area contributed by atoms with Crippen LogP contribution in [0.15, 0.2) is 115 Å². The molecule has 0 aliphatic heterocycles. The Labute approximate surface area is 241 Å². The maximum Gasteiger partial charge on any atom is 0.260 e. The highest BCUT2D eigenvalue weighted by molar-refractivity contribution is 7.19. The molecule has 0 saturated heterocycles. The first-order valence-electron chi connectivity index (χ1n) is 13.8. The molecule has 0 spiro atoms. The van der Waals surface area contributed by atoms with E-state index < -0.39 is 8.07 Å². The molecule has 0 atom stereocenters. The fourth-order valence-electron chi connectivity index (χ4n) is 5.98. The Kier molecular flexibility index (Phi) is 5.38. The molecular formula is C32H25N9Si. The van der Waals surface area contributed by atoms with E-state index in [4.69, 9.17) is 10.1 Å². The molecule has 42 heavy (non-hydrogen) atoms. The third-order valence-electron chi connectivity index (χ3n) is 7.75. The second-order valence-electron chi connectivity index (χ2n) is 10.3. The Morgan fingerprint density at radius 1 is 0.429 bits per heavy atom. The summed E-state index contributed by atoms with van der Waals surface area (Å²) in [5.41, 5.74) is 0.902. The van der Waals surface area contributed by atoms with Crippen molar-refractivity contribution in [2.45, 2.75) is 13.8 Å². The monoisotopic (exact) mass is 563 g/mol. The number of hydrogen-bond acceptors (Lipinski definition) is 6. The van der Waals surface area contributed by atoms with E-state index in [0.29, 0.717) is 34.8 Å². The number of nitrogens with zero attached hydrogens (tertiary/aromatic N) is 9. The van der Waals surface area contributed by atoms with Crippen LogP contribution in [0.4, 0.5) is 0 Å². The molecule has 8 aromatic rings. The second kappa shape index (κ2) is 9.28. The van der Waals surface area contributed by atoms with Crippen molar-refractivity contribution in [2.24, 2.45) is 0 Å². The van der Waals surface area contributed by atoms with Gasteiger partial charge in [-0.1, -0.05) is 115 Å². The van der Waals surface area contributed by atoms with Crippen LogP contribution in [0.5, 0.6) is 0 Å². The van der Waals surface area contributed by atoms with E-state index in [2.05, 4.69) is 135 Å². The molecule has 0 fully saturated rings. The van der Waals surface area contributed by atoms with Crippen molar-refractivity contribution in [1.82, 2.24) is 43.8 Å². The van der Waals surface area contributed by atoms with Crippen LogP contribution in [0, 0.1) is 13.8 Å². The minimum absolute atomic E-state index is 0.533. The van der Waals surface area contributed by atoms with Gasteiger partial charge in [0.25, 0.3) is 17.3 Å².